The Morgan fingerprint density at radius 1 is 0.568 bits per heavy atom. The summed E-state index contributed by atoms with van der Waals surface area (Å²) < 4.78 is 5.20. The van der Waals surface area contributed by atoms with E-state index in [-0.39, 0.29) is 0 Å². The summed E-state index contributed by atoms with van der Waals surface area (Å²) in [6.45, 7) is 0. The third-order valence-corrected chi connectivity index (χ3v) is 9.37. The van der Waals surface area contributed by atoms with E-state index in [0.29, 0.717) is 0 Å². The Labute approximate surface area is 217 Å². The number of rotatable bonds is 1. The summed E-state index contributed by atoms with van der Waals surface area (Å²) >= 11 is 1.96. The molecule has 172 valence electrons. The van der Waals surface area contributed by atoms with Gasteiger partial charge in [-0.15, -0.1) is 11.3 Å². The van der Waals surface area contributed by atoms with Gasteiger partial charge in [0.05, 0.1) is 11.0 Å². The van der Waals surface area contributed by atoms with Crippen LogP contribution in [0.5, 0.6) is 0 Å². The molecule has 9 rings (SSSR count). The number of thiophene rings is 1. The highest BCUT2D eigenvalue weighted by atomic mass is 32.1. The Hall–Kier alpha value is -4.40. The average molecular weight is 488 g/mol. The fourth-order valence-electron chi connectivity index (χ4n) is 6.67. The van der Waals surface area contributed by atoms with Gasteiger partial charge in [0.15, 0.2) is 0 Å². The Balaban J connectivity index is 1.50. The first-order valence-corrected chi connectivity index (χ1v) is 13.7. The number of aromatic nitrogens is 1. The van der Waals surface area contributed by atoms with Gasteiger partial charge in [-0.25, -0.2) is 0 Å². The van der Waals surface area contributed by atoms with E-state index in [4.69, 9.17) is 0 Å². The van der Waals surface area contributed by atoms with Gasteiger partial charge in [0.1, 0.15) is 0 Å². The van der Waals surface area contributed by atoms with Crippen LogP contribution >= 0.6 is 11.3 Å². The van der Waals surface area contributed by atoms with Gasteiger partial charge in [-0.05, 0) is 64.2 Å². The van der Waals surface area contributed by atoms with E-state index in [1.165, 1.54) is 80.7 Å². The fourth-order valence-corrected chi connectivity index (χ4v) is 7.99. The minimum atomic E-state index is 1.02. The molecular formula is C35H21NS. The van der Waals surface area contributed by atoms with Gasteiger partial charge < -0.3 is 4.57 Å². The van der Waals surface area contributed by atoms with Crippen molar-refractivity contribution in [3.8, 4) is 16.8 Å². The number of hydrogen-bond donors (Lipinski definition) is 0. The van der Waals surface area contributed by atoms with Crippen LogP contribution in [-0.2, 0) is 6.42 Å². The molecule has 1 aliphatic rings. The van der Waals surface area contributed by atoms with Crippen molar-refractivity contribution in [3.63, 3.8) is 0 Å². The minimum Gasteiger partial charge on any atom is -0.309 e. The van der Waals surface area contributed by atoms with Crippen molar-refractivity contribution in [2.24, 2.45) is 0 Å². The maximum atomic E-state index is 2.46. The standard InChI is InChI=1S/C35H21NS/c1-2-11-22(12-3-1)36-30-17-9-8-15-25(30)27-19-29-32(20-31(27)36)37-35-33-23-13-5-4-10-21(23)18-28(33)24-14-6-7-16-26(24)34(29)35/h1-17,19-20H,18H2. The largest absolute Gasteiger partial charge is 0.309 e. The van der Waals surface area contributed by atoms with E-state index in [1.807, 2.05) is 11.3 Å². The zero-order valence-electron chi connectivity index (χ0n) is 20.0. The molecule has 0 fully saturated rings. The van der Waals surface area contributed by atoms with Gasteiger partial charge in [0.25, 0.3) is 0 Å². The molecule has 1 nitrogen and oxygen atoms in total. The lowest BCUT2D eigenvalue weighted by Crippen LogP contribution is -1.92. The van der Waals surface area contributed by atoms with Gasteiger partial charge in [0, 0.05) is 42.2 Å². The summed E-state index contributed by atoms with van der Waals surface area (Å²) in [5.41, 5.74) is 9.51. The molecule has 0 N–H and O–H groups in total. The summed E-state index contributed by atoms with van der Waals surface area (Å²) in [5.74, 6) is 0. The summed E-state index contributed by atoms with van der Waals surface area (Å²) in [5, 5.41) is 8.17. The first kappa shape index (κ1) is 19.7. The van der Waals surface area contributed by atoms with Gasteiger partial charge in [-0.2, -0.15) is 0 Å². The molecule has 0 bridgehead atoms. The van der Waals surface area contributed by atoms with E-state index in [0.717, 1.165) is 6.42 Å². The third kappa shape index (κ3) is 2.53. The van der Waals surface area contributed by atoms with Crippen molar-refractivity contribution >= 4 is 64.1 Å². The van der Waals surface area contributed by atoms with Gasteiger partial charge in [-0.1, -0.05) is 84.9 Å². The Morgan fingerprint density at radius 2 is 1.30 bits per heavy atom. The Bertz CT molecular complexity index is 2210. The molecule has 0 saturated carbocycles. The van der Waals surface area contributed by atoms with Crippen molar-refractivity contribution < 1.29 is 0 Å². The van der Waals surface area contributed by atoms with Crippen LogP contribution in [0.15, 0.2) is 115 Å². The SMILES string of the molecule is c1ccc(-n2c3ccccc3c3cc4c(cc32)sc2c3c(c5ccccc5c24)Cc2ccccc2-3)cc1. The molecule has 0 atom stereocenters. The second-order valence-corrected chi connectivity index (χ2v) is 11.1. The summed E-state index contributed by atoms with van der Waals surface area (Å²) in [6, 6.07) is 42.5. The topological polar surface area (TPSA) is 4.93 Å². The second-order valence-electron chi connectivity index (χ2n) is 10.1. The third-order valence-electron chi connectivity index (χ3n) is 8.20. The molecule has 6 aromatic carbocycles. The molecule has 0 radical (unpaired) electrons. The number of para-hydroxylation sites is 2. The van der Waals surface area contributed by atoms with Gasteiger partial charge in [-0.3, -0.25) is 0 Å². The number of benzene rings is 6. The van der Waals surface area contributed by atoms with Crippen molar-refractivity contribution in [2.75, 3.05) is 0 Å². The molecule has 0 spiro atoms. The fraction of sp³-hybridized carbons (Fsp3) is 0.0286. The van der Waals surface area contributed by atoms with Crippen LogP contribution < -0.4 is 0 Å². The lowest BCUT2D eigenvalue weighted by Gasteiger charge is -2.09. The average Bonchev–Trinajstić information content (AvgIpc) is 3.62. The lowest BCUT2D eigenvalue weighted by atomic mass is 9.94. The summed E-state index contributed by atoms with van der Waals surface area (Å²) in [4.78, 5) is 0. The monoisotopic (exact) mass is 487 g/mol. The predicted molar refractivity (Wildman–Crippen MR) is 159 cm³/mol. The molecule has 2 aromatic heterocycles. The lowest BCUT2D eigenvalue weighted by molar-refractivity contribution is 1.18. The van der Waals surface area contributed by atoms with E-state index in [9.17, 15) is 0 Å². The molecule has 0 saturated heterocycles. The number of hydrogen-bond acceptors (Lipinski definition) is 1. The minimum absolute atomic E-state index is 1.02. The summed E-state index contributed by atoms with van der Waals surface area (Å²) in [6.07, 6.45) is 1.02. The Morgan fingerprint density at radius 3 is 2.19 bits per heavy atom. The van der Waals surface area contributed by atoms with Crippen LogP contribution in [0.25, 0.3) is 69.6 Å². The van der Waals surface area contributed by atoms with Crippen molar-refractivity contribution in [2.45, 2.75) is 6.42 Å². The predicted octanol–water partition coefficient (Wildman–Crippen LogP) is 9.88. The zero-order valence-corrected chi connectivity index (χ0v) is 20.8. The molecule has 0 unspecified atom stereocenters. The van der Waals surface area contributed by atoms with Crippen LogP contribution in [0.2, 0.25) is 0 Å². The molecular weight excluding hydrogens is 466 g/mol. The first-order valence-electron chi connectivity index (χ1n) is 12.8. The highest BCUT2D eigenvalue weighted by Crippen LogP contribution is 2.51. The first-order chi connectivity index (χ1) is 18.4. The van der Waals surface area contributed by atoms with Crippen LogP contribution in [0.1, 0.15) is 11.1 Å². The molecule has 2 heteroatoms. The van der Waals surface area contributed by atoms with Gasteiger partial charge >= 0.3 is 0 Å². The van der Waals surface area contributed by atoms with E-state index >= 15 is 0 Å². The molecule has 8 aromatic rings. The van der Waals surface area contributed by atoms with Crippen molar-refractivity contribution in [1.29, 1.82) is 0 Å². The maximum Gasteiger partial charge on any atom is 0.0555 e. The number of nitrogens with zero attached hydrogens (tertiary/aromatic N) is 1. The highest BCUT2D eigenvalue weighted by Gasteiger charge is 2.26. The van der Waals surface area contributed by atoms with Crippen molar-refractivity contribution in [1.82, 2.24) is 4.57 Å². The summed E-state index contributed by atoms with van der Waals surface area (Å²) in [7, 11) is 0. The molecule has 1 aliphatic carbocycles. The molecule has 0 amide bonds. The van der Waals surface area contributed by atoms with E-state index in [1.54, 1.807) is 0 Å². The number of fused-ring (bicyclic) bond motifs is 13. The van der Waals surface area contributed by atoms with Crippen molar-refractivity contribution in [3.05, 3.63) is 126 Å². The van der Waals surface area contributed by atoms with Crippen LogP contribution in [0.4, 0.5) is 0 Å². The van der Waals surface area contributed by atoms with Crippen LogP contribution in [0, 0.1) is 0 Å². The smallest absolute Gasteiger partial charge is 0.0555 e. The second kappa shape index (κ2) is 7.09. The quantitative estimate of drug-likeness (QED) is 0.217. The van der Waals surface area contributed by atoms with E-state index < -0.39 is 0 Å². The maximum absolute atomic E-state index is 2.46. The highest BCUT2D eigenvalue weighted by molar-refractivity contribution is 7.26. The van der Waals surface area contributed by atoms with E-state index in [2.05, 4.69) is 120 Å². The zero-order chi connectivity index (χ0) is 24.1. The molecule has 0 aliphatic heterocycles. The van der Waals surface area contributed by atoms with Gasteiger partial charge in [0.2, 0.25) is 0 Å². The molecule has 37 heavy (non-hydrogen) atoms. The normalized spacial score (nSPS) is 12.8. The molecule has 2 heterocycles. The Kier molecular flexibility index (Phi) is 3.78. The van der Waals surface area contributed by atoms with Crippen LogP contribution in [-0.4, -0.2) is 4.57 Å². The van der Waals surface area contributed by atoms with Crippen LogP contribution in [0.3, 0.4) is 0 Å².